The Morgan fingerprint density at radius 3 is 2.13 bits per heavy atom. The zero-order valence-electron chi connectivity index (χ0n) is 21.0. The van der Waals surface area contributed by atoms with E-state index in [1.54, 1.807) is 60.7 Å². The Morgan fingerprint density at radius 2 is 1.59 bits per heavy atom. The van der Waals surface area contributed by atoms with Crippen LogP contribution in [0.1, 0.15) is 45.9 Å². The van der Waals surface area contributed by atoms with Crippen LogP contribution in [-0.4, -0.2) is 54.7 Å². The number of ether oxygens (including phenoxy) is 3. The van der Waals surface area contributed by atoms with Crippen LogP contribution < -0.4 is 5.56 Å². The minimum Gasteiger partial charge on any atom is -0.452 e. The van der Waals surface area contributed by atoms with Gasteiger partial charge in [0.15, 0.2) is 18.4 Å². The van der Waals surface area contributed by atoms with Crippen LogP contribution in [0, 0.1) is 0 Å². The van der Waals surface area contributed by atoms with Gasteiger partial charge in [0.25, 0.3) is 5.56 Å². The Balaban J connectivity index is 1.54. The second-order valence-electron chi connectivity index (χ2n) is 8.87. The van der Waals surface area contributed by atoms with Gasteiger partial charge >= 0.3 is 11.9 Å². The molecule has 0 aliphatic carbocycles. The number of aliphatic hydroxyl groups excluding tert-OH is 1. The largest absolute Gasteiger partial charge is 0.452 e. The van der Waals surface area contributed by atoms with Gasteiger partial charge in [0, 0.05) is 17.8 Å². The van der Waals surface area contributed by atoms with Crippen LogP contribution >= 0.6 is 0 Å². The zero-order valence-corrected chi connectivity index (χ0v) is 21.0. The van der Waals surface area contributed by atoms with E-state index in [9.17, 15) is 19.5 Å². The number of aliphatic hydroxyl groups is 1. The topological polar surface area (TPSA) is 135 Å². The third-order valence-electron chi connectivity index (χ3n) is 6.44. The molecule has 1 unspecified atom stereocenters. The first-order valence-corrected chi connectivity index (χ1v) is 12.4. The smallest absolute Gasteiger partial charge is 0.338 e. The normalized spacial score (nSPS) is 20.5. The fourth-order valence-electron chi connectivity index (χ4n) is 4.51. The van der Waals surface area contributed by atoms with Gasteiger partial charge in [0.05, 0.1) is 23.4 Å². The summed E-state index contributed by atoms with van der Waals surface area (Å²) in [7, 11) is 0. The third kappa shape index (κ3) is 5.35. The third-order valence-corrected chi connectivity index (χ3v) is 6.44. The Morgan fingerprint density at radius 1 is 0.974 bits per heavy atom. The van der Waals surface area contributed by atoms with Gasteiger partial charge in [-0.1, -0.05) is 43.3 Å². The summed E-state index contributed by atoms with van der Waals surface area (Å²) in [5.74, 6) is -1.28. The van der Waals surface area contributed by atoms with Crippen LogP contribution in [0.25, 0.3) is 5.69 Å². The molecule has 1 aliphatic rings. The number of nitrogens with zero attached hydrogens (tertiary/aromatic N) is 4. The van der Waals surface area contributed by atoms with Gasteiger partial charge in [0.2, 0.25) is 0 Å². The molecular formula is C28H26N4O7. The van der Waals surface area contributed by atoms with E-state index in [0.717, 1.165) is 0 Å². The molecule has 0 bridgehead atoms. The number of carbonyl (C=O) groups is 2. The Labute approximate surface area is 223 Å². The van der Waals surface area contributed by atoms with Crippen LogP contribution in [-0.2, 0) is 20.8 Å². The predicted molar refractivity (Wildman–Crippen MR) is 137 cm³/mol. The second kappa shape index (κ2) is 11.4. The van der Waals surface area contributed by atoms with Crippen molar-refractivity contribution < 1.29 is 28.9 Å². The molecule has 0 saturated carbocycles. The molecule has 1 fully saturated rings. The molecule has 1 N–H and O–H groups in total. The molecule has 11 heteroatoms. The fraction of sp³-hybridized carbons (Fsp3) is 0.250. The van der Waals surface area contributed by atoms with Gasteiger partial charge in [-0.25, -0.2) is 19.3 Å². The number of pyridine rings is 1. The maximum atomic E-state index is 13.3. The molecule has 5 rings (SSSR count). The lowest BCUT2D eigenvalue weighted by atomic mass is 10.1. The summed E-state index contributed by atoms with van der Waals surface area (Å²) in [5.41, 5.74) is 0.796. The molecule has 4 aromatic rings. The average Bonchev–Trinajstić information content (AvgIpc) is 3.63. The van der Waals surface area contributed by atoms with Crippen molar-refractivity contribution in [3.8, 4) is 5.69 Å². The van der Waals surface area contributed by atoms with E-state index in [4.69, 9.17) is 14.2 Å². The summed E-state index contributed by atoms with van der Waals surface area (Å²) in [6, 6.07) is 18.1. The first-order chi connectivity index (χ1) is 19.0. The SMILES string of the molecule is CC[C@H]1O[C@@H](n2cc(CO)c(-n3cncn3)cc2=O)[C@@H](OC(=O)c2ccccc2)C1OC(=O)c1ccccc1. The Hall–Kier alpha value is -4.61. The van der Waals surface area contributed by atoms with Crippen molar-refractivity contribution in [2.24, 2.45) is 0 Å². The number of esters is 2. The van der Waals surface area contributed by atoms with Crippen molar-refractivity contribution >= 4 is 11.9 Å². The summed E-state index contributed by atoms with van der Waals surface area (Å²) < 4.78 is 20.5. The molecule has 4 atom stereocenters. The molecule has 11 nitrogen and oxygen atoms in total. The van der Waals surface area contributed by atoms with E-state index in [0.29, 0.717) is 23.2 Å². The molecule has 2 aromatic heterocycles. The number of hydrogen-bond donors (Lipinski definition) is 1. The lowest BCUT2D eigenvalue weighted by Crippen LogP contribution is -2.41. The number of aromatic nitrogens is 4. The van der Waals surface area contributed by atoms with E-state index >= 15 is 0 Å². The maximum Gasteiger partial charge on any atom is 0.338 e. The van der Waals surface area contributed by atoms with Crippen molar-refractivity contribution in [1.29, 1.82) is 0 Å². The summed E-state index contributed by atoms with van der Waals surface area (Å²) in [6.07, 6.45) is 0.527. The summed E-state index contributed by atoms with van der Waals surface area (Å²) in [4.78, 5) is 43.4. The quantitative estimate of drug-likeness (QED) is 0.341. The van der Waals surface area contributed by atoms with E-state index in [1.165, 1.54) is 34.2 Å². The van der Waals surface area contributed by atoms with Gasteiger partial charge in [-0.15, -0.1) is 0 Å². The highest BCUT2D eigenvalue weighted by Crippen LogP contribution is 2.36. The van der Waals surface area contributed by atoms with Crippen LogP contribution in [0.5, 0.6) is 0 Å². The second-order valence-corrected chi connectivity index (χ2v) is 8.87. The minimum absolute atomic E-state index is 0.286. The lowest BCUT2D eigenvalue weighted by molar-refractivity contribution is -0.0522. The molecule has 0 spiro atoms. The Bertz CT molecular complexity index is 1490. The highest BCUT2D eigenvalue weighted by Gasteiger charge is 2.50. The fourth-order valence-corrected chi connectivity index (χ4v) is 4.51. The molecule has 0 amide bonds. The van der Waals surface area contributed by atoms with Gasteiger partial charge in [-0.05, 0) is 30.7 Å². The van der Waals surface area contributed by atoms with E-state index in [-0.39, 0.29) is 5.56 Å². The molecule has 0 radical (unpaired) electrons. The van der Waals surface area contributed by atoms with E-state index in [1.807, 2.05) is 6.92 Å². The van der Waals surface area contributed by atoms with Crippen molar-refractivity contribution in [2.75, 3.05) is 0 Å². The molecule has 2 aromatic carbocycles. The van der Waals surface area contributed by atoms with Crippen molar-refractivity contribution in [2.45, 2.75) is 44.5 Å². The van der Waals surface area contributed by atoms with Gasteiger partial charge in [-0.3, -0.25) is 9.36 Å². The van der Waals surface area contributed by atoms with Crippen molar-refractivity contribution in [3.63, 3.8) is 0 Å². The predicted octanol–water partition coefficient (Wildman–Crippen LogP) is 2.68. The van der Waals surface area contributed by atoms with Gasteiger partial charge in [-0.2, -0.15) is 5.10 Å². The Kier molecular flexibility index (Phi) is 7.62. The monoisotopic (exact) mass is 530 g/mol. The highest BCUT2D eigenvalue weighted by atomic mass is 16.6. The minimum atomic E-state index is -1.17. The number of benzene rings is 2. The highest BCUT2D eigenvalue weighted by molar-refractivity contribution is 5.90. The van der Waals surface area contributed by atoms with Gasteiger partial charge < -0.3 is 19.3 Å². The molecule has 39 heavy (non-hydrogen) atoms. The van der Waals surface area contributed by atoms with Crippen LogP contribution in [0.4, 0.5) is 0 Å². The molecule has 200 valence electrons. The number of carbonyl (C=O) groups excluding carboxylic acids is 2. The summed E-state index contributed by atoms with van der Waals surface area (Å²) in [6.45, 7) is 1.42. The number of hydrogen-bond acceptors (Lipinski definition) is 9. The molecule has 1 saturated heterocycles. The zero-order chi connectivity index (χ0) is 27.4. The standard InChI is InChI=1S/C28H26N4O7/c1-2-22-24(38-27(35)18-9-5-3-6-10-18)25(39-28(36)19-11-7-4-8-12-19)26(37-22)31-14-20(15-33)21(13-23(31)34)32-17-29-16-30-32/h3-14,16-17,22,24-26,33H,2,15H2,1H3/t22-,24?,25+,26-/m1/s1. The molecule has 3 heterocycles. The van der Waals surface area contributed by atoms with Crippen LogP contribution in [0.15, 0.2) is 90.4 Å². The lowest BCUT2D eigenvalue weighted by Gasteiger charge is -2.25. The van der Waals surface area contributed by atoms with Gasteiger partial charge in [0.1, 0.15) is 18.8 Å². The maximum absolute atomic E-state index is 13.3. The summed E-state index contributed by atoms with van der Waals surface area (Å²) in [5, 5.41) is 14.1. The van der Waals surface area contributed by atoms with Crippen LogP contribution in [0.2, 0.25) is 0 Å². The number of rotatable bonds is 8. The van der Waals surface area contributed by atoms with Crippen molar-refractivity contribution in [3.05, 3.63) is 113 Å². The first kappa shape index (κ1) is 26.0. The van der Waals surface area contributed by atoms with Crippen LogP contribution in [0.3, 0.4) is 0 Å². The molecule has 1 aliphatic heterocycles. The first-order valence-electron chi connectivity index (χ1n) is 12.4. The molecular weight excluding hydrogens is 504 g/mol. The van der Waals surface area contributed by atoms with E-state index < -0.39 is 48.6 Å². The van der Waals surface area contributed by atoms with E-state index in [2.05, 4.69) is 10.1 Å². The summed E-state index contributed by atoms with van der Waals surface area (Å²) >= 11 is 0. The van der Waals surface area contributed by atoms with Crippen molar-refractivity contribution in [1.82, 2.24) is 19.3 Å². The average molecular weight is 531 g/mol.